The van der Waals surface area contributed by atoms with Crippen LogP contribution in [0, 0.1) is 5.92 Å². The van der Waals surface area contributed by atoms with Crippen molar-refractivity contribution in [2.75, 3.05) is 13.6 Å². The Labute approximate surface area is 105 Å². The lowest BCUT2D eigenvalue weighted by Gasteiger charge is -2.34. The van der Waals surface area contributed by atoms with Gasteiger partial charge in [-0.25, -0.2) is 0 Å². The van der Waals surface area contributed by atoms with Crippen LogP contribution in [0.5, 0.6) is 0 Å². The molecule has 0 aromatic heterocycles. The monoisotopic (exact) mass is 268 g/mol. The summed E-state index contributed by atoms with van der Waals surface area (Å²) in [5.41, 5.74) is 5.19. The third-order valence-electron chi connectivity index (χ3n) is 3.41. The highest BCUT2D eigenvalue weighted by Gasteiger charge is 2.42. The predicted molar refractivity (Wildman–Crippen MR) is 65.8 cm³/mol. The minimum Gasteiger partial charge on any atom is -0.393 e. The van der Waals surface area contributed by atoms with Crippen molar-refractivity contribution in [1.82, 2.24) is 4.90 Å². The Balaban J connectivity index is 2.57. The fourth-order valence-electron chi connectivity index (χ4n) is 2.31. The van der Waals surface area contributed by atoms with Crippen LogP contribution >= 0.6 is 12.2 Å². The molecule has 0 heterocycles. The summed E-state index contributed by atoms with van der Waals surface area (Å²) in [6.07, 6.45) is 0.978. The molecule has 17 heavy (non-hydrogen) atoms. The first kappa shape index (κ1) is 14.7. The second-order valence-electron chi connectivity index (χ2n) is 4.73. The summed E-state index contributed by atoms with van der Waals surface area (Å²) in [7, 11) is 1.73. The van der Waals surface area contributed by atoms with Gasteiger partial charge in [-0.2, -0.15) is 13.2 Å². The first-order valence-corrected chi connectivity index (χ1v) is 6.29. The molecule has 0 radical (unpaired) electrons. The molecule has 0 amide bonds. The van der Waals surface area contributed by atoms with E-state index in [1.54, 1.807) is 11.9 Å². The second kappa shape index (κ2) is 6.00. The van der Waals surface area contributed by atoms with Gasteiger partial charge in [-0.15, -0.1) is 0 Å². The smallest absolute Gasteiger partial charge is 0.393 e. The zero-order chi connectivity index (χ0) is 13.1. The Kier molecular flexibility index (Phi) is 5.19. The number of nitrogens with zero attached hydrogens (tertiary/aromatic N) is 1. The zero-order valence-electron chi connectivity index (χ0n) is 9.96. The summed E-state index contributed by atoms with van der Waals surface area (Å²) in [5, 5.41) is 0. The fraction of sp³-hybridized carbons (Fsp3) is 0.909. The van der Waals surface area contributed by atoms with Crippen molar-refractivity contribution >= 4 is 17.2 Å². The van der Waals surface area contributed by atoms with Crippen LogP contribution < -0.4 is 5.73 Å². The maximum atomic E-state index is 12.7. The number of nitrogens with two attached hydrogens (primary N) is 1. The lowest BCUT2D eigenvalue weighted by atomic mass is 9.93. The highest BCUT2D eigenvalue weighted by molar-refractivity contribution is 7.80. The van der Waals surface area contributed by atoms with Crippen molar-refractivity contribution in [1.29, 1.82) is 0 Å². The Hall–Kier alpha value is -0.360. The molecular weight excluding hydrogens is 249 g/mol. The van der Waals surface area contributed by atoms with Crippen molar-refractivity contribution in [2.45, 2.75) is 44.3 Å². The highest BCUT2D eigenvalue weighted by Crippen LogP contribution is 2.29. The standard InChI is InChI=1S/C11H19F3N2S/c1-16(8-5-3-2-4-6-8)7-9(10(15)17)11(12,13)14/h8-9H,2-7H2,1H3,(H2,15,17). The van der Waals surface area contributed by atoms with Crippen LogP contribution in [0.3, 0.4) is 0 Å². The Morgan fingerprint density at radius 1 is 1.35 bits per heavy atom. The van der Waals surface area contributed by atoms with E-state index in [9.17, 15) is 13.2 Å². The number of hydrogen-bond acceptors (Lipinski definition) is 2. The minimum absolute atomic E-state index is 0.122. The van der Waals surface area contributed by atoms with E-state index in [-0.39, 0.29) is 12.6 Å². The fourth-order valence-corrected chi connectivity index (χ4v) is 2.52. The number of rotatable bonds is 4. The van der Waals surface area contributed by atoms with Gasteiger partial charge in [0.15, 0.2) is 0 Å². The van der Waals surface area contributed by atoms with Crippen molar-refractivity contribution in [3.05, 3.63) is 0 Å². The van der Waals surface area contributed by atoms with Crippen molar-refractivity contribution in [2.24, 2.45) is 11.7 Å². The van der Waals surface area contributed by atoms with Crippen LogP contribution in [-0.4, -0.2) is 35.7 Å². The van der Waals surface area contributed by atoms with E-state index in [2.05, 4.69) is 12.2 Å². The van der Waals surface area contributed by atoms with Gasteiger partial charge in [0.25, 0.3) is 0 Å². The van der Waals surface area contributed by atoms with Crippen LogP contribution in [0.2, 0.25) is 0 Å². The lowest BCUT2D eigenvalue weighted by Crippen LogP contribution is -2.45. The van der Waals surface area contributed by atoms with Gasteiger partial charge >= 0.3 is 6.18 Å². The summed E-state index contributed by atoms with van der Waals surface area (Å²) in [5.74, 6) is -1.69. The van der Waals surface area contributed by atoms with E-state index in [1.807, 2.05) is 0 Å². The average molecular weight is 268 g/mol. The Bertz CT molecular complexity index is 262. The van der Waals surface area contributed by atoms with E-state index < -0.39 is 17.1 Å². The first-order chi connectivity index (χ1) is 7.82. The lowest BCUT2D eigenvalue weighted by molar-refractivity contribution is -0.159. The van der Waals surface area contributed by atoms with Crippen molar-refractivity contribution < 1.29 is 13.2 Å². The normalized spacial score (nSPS) is 20.5. The summed E-state index contributed by atoms with van der Waals surface area (Å²) < 4.78 is 38.1. The number of thiocarbonyl (C=S) groups is 1. The second-order valence-corrected chi connectivity index (χ2v) is 5.20. The minimum atomic E-state index is -4.34. The van der Waals surface area contributed by atoms with Gasteiger partial charge in [-0.1, -0.05) is 31.5 Å². The molecule has 0 aliphatic heterocycles. The van der Waals surface area contributed by atoms with Gasteiger partial charge in [0.2, 0.25) is 0 Å². The molecule has 0 aromatic rings. The van der Waals surface area contributed by atoms with E-state index in [0.29, 0.717) is 0 Å². The largest absolute Gasteiger partial charge is 0.399 e. The molecule has 1 rings (SSSR count). The molecule has 1 aliphatic rings. The van der Waals surface area contributed by atoms with Crippen LogP contribution in [-0.2, 0) is 0 Å². The topological polar surface area (TPSA) is 29.3 Å². The summed E-state index contributed by atoms with van der Waals surface area (Å²) in [4.78, 5) is 1.30. The summed E-state index contributed by atoms with van der Waals surface area (Å²) in [6, 6.07) is 0.239. The van der Waals surface area contributed by atoms with Gasteiger partial charge in [-0.05, 0) is 19.9 Å². The summed E-state index contributed by atoms with van der Waals surface area (Å²) >= 11 is 4.52. The number of hydrogen-bond donors (Lipinski definition) is 1. The van der Waals surface area contributed by atoms with Crippen molar-refractivity contribution in [3.8, 4) is 0 Å². The predicted octanol–water partition coefficient (Wildman–Crippen LogP) is 2.72. The molecule has 1 saturated carbocycles. The van der Waals surface area contributed by atoms with Crippen LogP contribution in [0.4, 0.5) is 13.2 Å². The third kappa shape index (κ3) is 4.43. The molecule has 2 N–H and O–H groups in total. The maximum Gasteiger partial charge on any atom is 0.399 e. The van der Waals surface area contributed by atoms with E-state index in [0.717, 1.165) is 25.7 Å². The quantitative estimate of drug-likeness (QED) is 0.795. The molecule has 1 atom stereocenters. The van der Waals surface area contributed by atoms with Crippen LogP contribution in [0.15, 0.2) is 0 Å². The van der Waals surface area contributed by atoms with Gasteiger partial charge in [0.1, 0.15) is 5.92 Å². The Morgan fingerprint density at radius 3 is 2.29 bits per heavy atom. The van der Waals surface area contributed by atoms with E-state index in [4.69, 9.17) is 5.73 Å². The molecule has 1 aliphatic carbocycles. The van der Waals surface area contributed by atoms with Gasteiger partial charge in [0, 0.05) is 12.6 Å². The third-order valence-corrected chi connectivity index (χ3v) is 3.69. The van der Waals surface area contributed by atoms with Gasteiger partial charge in [-0.3, -0.25) is 0 Å². The first-order valence-electron chi connectivity index (χ1n) is 5.88. The molecular formula is C11H19F3N2S. The number of alkyl halides is 3. The number of halogens is 3. The molecule has 0 spiro atoms. The summed E-state index contributed by atoms with van der Waals surface area (Å²) in [6.45, 7) is -0.122. The van der Waals surface area contributed by atoms with Crippen LogP contribution in [0.1, 0.15) is 32.1 Å². The molecule has 0 bridgehead atoms. The molecule has 1 unspecified atom stereocenters. The Morgan fingerprint density at radius 2 is 1.88 bits per heavy atom. The highest BCUT2D eigenvalue weighted by atomic mass is 32.1. The maximum absolute atomic E-state index is 12.7. The van der Waals surface area contributed by atoms with Gasteiger partial charge < -0.3 is 10.6 Å². The SMILES string of the molecule is CN(CC(C(N)=S)C(F)(F)F)C1CCCCC1. The van der Waals surface area contributed by atoms with Gasteiger partial charge in [0.05, 0.1) is 4.99 Å². The zero-order valence-corrected chi connectivity index (χ0v) is 10.8. The molecule has 2 nitrogen and oxygen atoms in total. The van der Waals surface area contributed by atoms with Crippen molar-refractivity contribution in [3.63, 3.8) is 0 Å². The molecule has 0 saturated heterocycles. The van der Waals surface area contributed by atoms with Crippen LogP contribution in [0.25, 0.3) is 0 Å². The molecule has 100 valence electrons. The molecule has 6 heteroatoms. The average Bonchev–Trinajstić information content (AvgIpc) is 2.24. The molecule has 1 fully saturated rings. The van der Waals surface area contributed by atoms with E-state index in [1.165, 1.54) is 6.42 Å². The van der Waals surface area contributed by atoms with E-state index >= 15 is 0 Å². The molecule has 0 aromatic carbocycles.